The van der Waals surface area contributed by atoms with Gasteiger partial charge in [-0.15, -0.1) is 22.7 Å². The first-order valence-corrected chi connectivity index (χ1v) is 11.9. The monoisotopic (exact) mass is 461 g/mol. The molecule has 0 aromatic carbocycles. The number of hydrogen-bond acceptors (Lipinski definition) is 7. The summed E-state index contributed by atoms with van der Waals surface area (Å²) in [5.41, 5.74) is 1.86. The molecule has 1 saturated heterocycles. The summed E-state index contributed by atoms with van der Waals surface area (Å²) in [6, 6.07) is 9.47. The summed E-state index contributed by atoms with van der Waals surface area (Å²) < 4.78 is 1.57. The molecule has 32 heavy (non-hydrogen) atoms. The molecule has 4 aromatic heterocycles. The molecule has 0 unspecified atom stereocenters. The molecule has 1 fully saturated rings. The van der Waals surface area contributed by atoms with Gasteiger partial charge in [0.15, 0.2) is 0 Å². The lowest BCUT2D eigenvalue weighted by Crippen LogP contribution is -2.49. The topological polar surface area (TPSA) is 82.2 Å². The van der Waals surface area contributed by atoms with Crippen molar-refractivity contribution < 1.29 is 4.79 Å². The number of piperazine rings is 1. The van der Waals surface area contributed by atoms with E-state index in [4.69, 9.17) is 0 Å². The van der Waals surface area contributed by atoms with Crippen LogP contribution in [0.15, 0.2) is 52.2 Å². The second kappa shape index (κ2) is 8.22. The van der Waals surface area contributed by atoms with Gasteiger partial charge in [0.05, 0.1) is 28.0 Å². The highest BCUT2D eigenvalue weighted by Crippen LogP contribution is 2.36. The molecule has 4 aromatic rings. The van der Waals surface area contributed by atoms with Gasteiger partial charge in [-0.25, -0.2) is 0 Å². The number of hydrogen-bond donors (Lipinski definition) is 0. The minimum absolute atomic E-state index is 0.0315. The maximum absolute atomic E-state index is 13.4. The standard InChI is InChI=1S/C23H19N5O2S2/c1-15-20-18(14-32-15)28(16-4-2-6-25-13-16)22(29)17(12-24)21(20)26-7-9-27(10-8-26)23(30)19-5-3-11-31-19/h2-6,11,13-14H,7-10H2,1H3. The number of nitrogens with zero attached hydrogens (tertiary/aromatic N) is 5. The number of anilines is 1. The molecule has 0 spiro atoms. The molecule has 160 valence electrons. The summed E-state index contributed by atoms with van der Waals surface area (Å²) in [5, 5.41) is 14.8. The average Bonchev–Trinajstić information content (AvgIpc) is 3.49. The third-order valence-corrected chi connectivity index (χ3v) is 7.47. The summed E-state index contributed by atoms with van der Waals surface area (Å²) in [7, 11) is 0. The number of rotatable bonds is 3. The lowest BCUT2D eigenvalue weighted by Gasteiger charge is -2.36. The zero-order chi connectivity index (χ0) is 22.2. The van der Waals surface area contributed by atoms with Crippen LogP contribution in [-0.4, -0.2) is 46.5 Å². The van der Waals surface area contributed by atoms with Crippen molar-refractivity contribution in [3.8, 4) is 11.8 Å². The molecule has 0 aliphatic carbocycles. The first-order valence-electron chi connectivity index (χ1n) is 10.1. The van der Waals surface area contributed by atoms with E-state index in [1.54, 1.807) is 34.4 Å². The van der Waals surface area contributed by atoms with Crippen LogP contribution in [0.5, 0.6) is 0 Å². The van der Waals surface area contributed by atoms with Crippen LogP contribution in [0.3, 0.4) is 0 Å². The molecule has 1 aliphatic heterocycles. The summed E-state index contributed by atoms with van der Waals surface area (Å²) >= 11 is 3.00. The largest absolute Gasteiger partial charge is 0.366 e. The van der Waals surface area contributed by atoms with Crippen LogP contribution in [0.25, 0.3) is 16.6 Å². The lowest BCUT2D eigenvalue weighted by molar-refractivity contribution is 0.0751. The molecule has 1 aliphatic rings. The van der Waals surface area contributed by atoms with E-state index in [0.29, 0.717) is 37.6 Å². The number of amides is 1. The van der Waals surface area contributed by atoms with Crippen LogP contribution in [0.1, 0.15) is 20.1 Å². The van der Waals surface area contributed by atoms with Gasteiger partial charge >= 0.3 is 0 Å². The Labute approximate surface area is 192 Å². The van der Waals surface area contributed by atoms with Crippen LogP contribution in [-0.2, 0) is 0 Å². The molecule has 1 amide bonds. The Morgan fingerprint density at radius 1 is 1.16 bits per heavy atom. The van der Waals surface area contributed by atoms with Gasteiger partial charge in [-0.05, 0) is 30.5 Å². The minimum Gasteiger partial charge on any atom is -0.366 e. The summed E-state index contributed by atoms with van der Waals surface area (Å²) in [6.07, 6.45) is 3.28. The Bertz CT molecular complexity index is 1390. The lowest BCUT2D eigenvalue weighted by atomic mass is 10.1. The molecule has 5 heterocycles. The number of fused-ring (bicyclic) bond motifs is 1. The second-order valence-corrected chi connectivity index (χ2v) is 9.53. The SMILES string of the molecule is Cc1scc2c1c(N1CCN(C(=O)c3cccs3)CC1)c(C#N)c(=O)n2-c1cccnc1. The second-order valence-electron chi connectivity index (χ2n) is 7.50. The van der Waals surface area contributed by atoms with Gasteiger partial charge in [0.2, 0.25) is 0 Å². The van der Waals surface area contributed by atoms with Gasteiger partial charge in [0, 0.05) is 48.0 Å². The van der Waals surface area contributed by atoms with Crippen molar-refractivity contribution in [3.63, 3.8) is 0 Å². The Balaban J connectivity index is 1.57. The molecule has 5 rings (SSSR count). The van der Waals surface area contributed by atoms with Crippen molar-refractivity contribution >= 4 is 45.2 Å². The zero-order valence-corrected chi connectivity index (χ0v) is 18.9. The third kappa shape index (κ3) is 3.28. The van der Waals surface area contributed by atoms with Gasteiger partial charge in [0.25, 0.3) is 11.5 Å². The smallest absolute Gasteiger partial charge is 0.275 e. The highest BCUT2D eigenvalue weighted by atomic mass is 32.1. The maximum Gasteiger partial charge on any atom is 0.275 e. The van der Waals surface area contributed by atoms with Crippen molar-refractivity contribution in [1.29, 1.82) is 5.26 Å². The first kappa shape index (κ1) is 20.4. The summed E-state index contributed by atoms with van der Waals surface area (Å²) in [6.45, 7) is 4.21. The van der Waals surface area contributed by atoms with E-state index < -0.39 is 0 Å². The van der Waals surface area contributed by atoms with E-state index >= 15 is 0 Å². The van der Waals surface area contributed by atoms with Crippen molar-refractivity contribution in [2.24, 2.45) is 0 Å². The molecule has 0 bridgehead atoms. The van der Waals surface area contributed by atoms with Crippen molar-refractivity contribution in [2.45, 2.75) is 6.92 Å². The predicted molar refractivity (Wildman–Crippen MR) is 127 cm³/mol. The van der Waals surface area contributed by atoms with E-state index in [1.807, 2.05) is 40.8 Å². The number of carbonyl (C=O) groups excluding carboxylic acids is 1. The van der Waals surface area contributed by atoms with Crippen LogP contribution in [0.2, 0.25) is 0 Å². The first-order chi connectivity index (χ1) is 15.6. The molecular weight excluding hydrogens is 442 g/mol. The van der Waals surface area contributed by atoms with Crippen LogP contribution in [0.4, 0.5) is 5.69 Å². The Kier molecular flexibility index (Phi) is 5.25. The van der Waals surface area contributed by atoms with Gasteiger partial charge in [-0.3, -0.25) is 19.1 Å². The Hall–Kier alpha value is -3.48. The quantitative estimate of drug-likeness (QED) is 0.465. The number of aromatic nitrogens is 2. The van der Waals surface area contributed by atoms with E-state index in [1.165, 1.54) is 11.3 Å². The average molecular weight is 462 g/mol. The molecule has 7 nitrogen and oxygen atoms in total. The van der Waals surface area contributed by atoms with Crippen molar-refractivity contribution in [3.05, 3.63) is 73.1 Å². The molecular formula is C23H19N5O2S2. The van der Waals surface area contributed by atoms with Gasteiger partial charge in [-0.2, -0.15) is 5.26 Å². The number of aryl methyl sites for hydroxylation is 1. The van der Waals surface area contributed by atoms with Crippen LogP contribution in [0, 0.1) is 18.3 Å². The predicted octanol–water partition coefficient (Wildman–Crippen LogP) is 3.65. The number of nitriles is 1. The minimum atomic E-state index is -0.349. The van der Waals surface area contributed by atoms with Gasteiger partial charge in [-0.1, -0.05) is 6.07 Å². The maximum atomic E-state index is 13.4. The highest BCUT2D eigenvalue weighted by Gasteiger charge is 2.28. The fourth-order valence-electron chi connectivity index (χ4n) is 4.19. The van der Waals surface area contributed by atoms with Crippen LogP contribution < -0.4 is 10.5 Å². The number of carbonyl (C=O) groups is 1. The molecule has 0 saturated carbocycles. The van der Waals surface area contributed by atoms with Gasteiger partial charge < -0.3 is 9.80 Å². The van der Waals surface area contributed by atoms with Crippen molar-refractivity contribution in [1.82, 2.24) is 14.5 Å². The number of pyridine rings is 2. The molecule has 0 atom stereocenters. The fourth-order valence-corrected chi connectivity index (χ4v) is 5.71. The Morgan fingerprint density at radius 2 is 1.97 bits per heavy atom. The van der Waals surface area contributed by atoms with E-state index in [-0.39, 0.29) is 17.0 Å². The molecule has 9 heteroatoms. The normalized spacial score (nSPS) is 14.0. The summed E-state index contributed by atoms with van der Waals surface area (Å²) in [4.78, 5) is 36.0. The molecule has 0 N–H and O–H groups in total. The van der Waals surface area contributed by atoms with E-state index in [2.05, 4.69) is 16.0 Å². The zero-order valence-electron chi connectivity index (χ0n) is 17.3. The molecule has 0 radical (unpaired) electrons. The van der Waals surface area contributed by atoms with Gasteiger partial charge in [0.1, 0.15) is 11.6 Å². The number of thiophene rings is 2. The third-order valence-electron chi connectivity index (χ3n) is 5.72. The highest BCUT2D eigenvalue weighted by molar-refractivity contribution is 7.12. The summed E-state index contributed by atoms with van der Waals surface area (Å²) in [5.74, 6) is 0.0315. The van der Waals surface area contributed by atoms with E-state index in [9.17, 15) is 14.9 Å². The Morgan fingerprint density at radius 3 is 2.62 bits per heavy atom. The van der Waals surface area contributed by atoms with Crippen LogP contribution >= 0.6 is 22.7 Å². The van der Waals surface area contributed by atoms with Crippen molar-refractivity contribution in [2.75, 3.05) is 31.1 Å². The fraction of sp³-hybridized carbons (Fsp3) is 0.217. The van der Waals surface area contributed by atoms with E-state index in [0.717, 1.165) is 20.7 Å².